The zero-order valence-electron chi connectivity index (χ0n) is 13.5. The molecule has 1 saturated heterocycles. The van der Waals surface area contributed by atoms with Gasteiger partial charge in [-0.1, -0.05) is 29.5 Å². The van der Waals surface area contributed by atoms with Crippen LogP contribution in [0.4, 0.5) is 0 Å². The van der Waals surface area contributed by atoms with Crippen LogP contribution < -0.4 is 0 Å². The largest absolute Gasteiger partial charge is 0.339 e. The third-order valence-corrected chi connectivity index (χ3v) is 5.07. The summed E-state index contributed by atoms with van der Waals surface area (Å²) in [6.07, 6.45) is 3.41. The van der Waals surface area contributed by atoms with Crippen molar-refractivity contribution in [2.75, 3.05) is 12.3 Å². The zero-order valence-corrected chi connectivity index (χ0v) is 14.3. The average Bonchev–Trinajstić information content (AvgIpc) is 3.02. The maximum absolute atomic E-state index is 12.4. The molecule has 0 spiro atoms. The third kappa shape index (κ3) is 3.72. The van der Waals surface area contributed by atoms with Crippen molar-refractivity contribution < 1.29 is 4.79 Å². The van der Waals surface area contributed by atoms with E-state index in [4.69, 9.17) is 0 Å². The first-order chi connectivity index (χ1) is 11.1. The number of hydrogen-bond donors (Lipinski definition) is 0. The molecule has 0 aliphatic carbocycles. The topological polar surface area (TPSA) is 63.9 Å². The van der Waals surface area contributed by atoms with Crippen LogP contribution in [0.2, 0.25) is 0 Å². The van der Waals surface area contributed by atoms with Crippen LogP contribution in [0.15, 0.2) is 29.4 Å². The summed E-state index contributed by atoms with van der Waals surface area (Å²) in [6, 6.07) is 8.33. The second kappa shape index (κ2) is 7.12. The maximum atomic E-state index is 12.4. The lowest BCUT2D eigenvalue weighted by Crippen LogP contribution is -2.42. The van der Waals surface area contributed by atoms with E-state index in [-0.39, 0.29) is 5.91 Å². The summed E-state index contributed by atoms with van der Waals surface area (Å²) in [5.41, 5.74) is 2.09. The van der Waals surface area contributed by atoms with Gasteiger partial charge in [0.2, 0.25) is 11.1 Å². The fourth-order valence-corrected chi connectivity index (χ4v) is 3.57. The van der Waals surface area contributed by atoms with Gasteiger partial charge in [-0.3, -0.25) is 4.79 Å². The first-order valence-electron chi connectivity index (χ1n) is 7.93. The van der Waals surface area contributed by atoms with E-state index in [0.29, 0.717) is 17.0 Å². The van der Waals surface area contributed by atoms with E-state index in [1.807, 2.05) is 36.1 Å². The quantitative estimate of drug-likeness (QED) is 0.805. The molecule has 2 heterocycles. The molecule has 1 unspecified atom stereocenters. The molecule has 1 aliphatic rings. The van der Waals surface area contributed by atoms with Crippen LogP contribution in [0, 0.1) is 6.92 Å². The highest BCUT2D eigenvalue weighted by Gasteiger charge is 2.23. The smallest absolute Gasteiger partial charge is 0.233 e. The number of rotatable bonds is 4. The Balaban J connectivity index is 1.66. The molecule has 2 aromatic rings. The van der Waals surface area contributed by atoms with Gasteiger partial charge in [-0.05, 0) is 55.7 Å². The Bertz CT molecular complexity index is 669. The van der Waals surface area contributed by atoms with Crippen molar-refractivity contribution in [2.24, 2.45) is 0 Å². The van der Waals surface area contributed by atoms with Gasteiger partial charge in [-0.15, -0.1) is 5.10 Å². The molecule has 3 rings (SSSR count). The Morgan fingerprint density at radius 1 is 1.30 bits per heavy atom. The molecule has 1 amide bonds. The highest BCUT2D eigenvalue weighted by Crippen LogP contribution is 2.22. The van der Waals surface area contributed by atoms with Gasteiger partial charge in [0.05, 0.1) is 11.4 Å². The molecule has 1 fully saturated rings. The van der Waals surface area contributed by atoms with Crippen LogP contribution in [0.1, 0.15) is 31.7 Å². The Hall–Kier alpha value is -1.89. The lowest BCUT2D eigenvalue weighted by molar-refractivity contribution is -0.131. The zero-order chi connectivity index (χ0) is 16.2. The number of piperidine rings is 1. The SMILES string of the molecule is Cc1ccc(-n2nnnc2SCC(=O)N2CCCCC2C)cc1. The molecule has 1 aromatic heterocycles. The molecular weight excluding hydrogens is 310 g/mol. The number of nitrogens with zero attached hydrogens (tertiary/aromatic N) is 5. The van der Waals surface area contributed by atoms with Crippen molar-refractivity contribution in [2.45, 2.75) is 44.3 Å². The van der Waals surface area contributed by atoms with E-state index in [1.54, 1.807) is 4.68 Å². The van der Waals surface area contributed by atoms with Gasteiger partial charge in [0.25, 0.3) is 0 Å². The van der Waals surface area contributed by atoms with E-state index in [0.717, 1.165) is 25.1 Å². The number of carbonyl (C=O) groups excluding carboxylic acids is 1. The van der Waals surface area contributed by atoms with Gasteiger partial charge >= 0.3 is 0 Å². The molecule has 0 N–H and O–H groups in total. The number of tetrazole rings is 1. The number of amides is 1. The number of hydrogen-bond acceptors (Lipinski definition) is 5. The van der Waals surface area contributed by atoms with E-state index in [1.165, 1.54) is 23.7 Å². The van der Waals surface area contributed by atoms with Crippen molar-refractivity contribution in [3.05, 3.63) is 29.8 Å². The number of carbonyl (C=O) groups is 1. The van der Waals surface area contributed by atoms with Crippen LogP contribution in [0.5, 0.6) is 0 Å². The first kappa shape index (κ1) is 16.0. The van der Waals surface area contributed by atoms with Crippen LogP contribution in [-0.4, -0.2) is 49.4 Å². The predicted octanol–water partition coefficient (Wildman–Crippen LogP) is 2.46. The Morgan fingerprint density at radius 2 is 2.09 bits per heavy atom. The standard InChI is InChI=1S/C16H21N5OS/c1-12-6-8-14(9-7-12)21-16(17-18-19-21)23-11-15(22)20-10-4-3-5-13(20)2/h6-9,13H,3-5,10-11H2,1-2H3. The average molecular weight is 331 g/mol. The van der Waals surface area contributed by atoms with Crippen molar-refractivity contribution in [1.29, 1.82) is 0 Å². The number of thioether (sulfide) groups is 1. The summed E-state index contributed by atoms with van der Waals surface area (Å²) in [7, 11) is 0. The Kier molecular flexibility index (Phi) is 4.95. The molecule has 23 heavy (non-hydrogen) atoms. The lowest BCUT2D eigenvalue weighted by Gasteiger charge is -2.33. The molecule has 6 nitrogen and oxygen atoms in total. The van der Waals surface area contributed by atoms with E-state index < -0.39 is 0 Å². The van der Waals surface area contributed by atoms with Crippen molar-refractivity contribution >= 4 is 17.7 Å². The van der Waals surface area contributed by atoms with E-state index >= 15 is 0 Å². The van der Waals surface area contributed by atoms with Gasteiger partial charge in [-0.25, -0.2) is 0 Å². The number of benzene rings is 1. The molecule has 1 atom stereocenters. The Morgan fingerprint density at radius 3 is 2.83 bits per heavy atom. The number of aryl methyl sites for hydroxylation is 1. The van der Waals surface area contributed by atoms with E-state index in [9.17, 15) is 4.79 Å². The van der Waals surface area contributed by atoms with Crippen LogP contribution in [0.25, 0.3) is 5.69 Å². The van der Waals surface area contributed by atoms with E-state index in [2.05, 4.69) is 22.4 Å². The number of aromatic nitrogens is 4. The Labute approximate surface area is 140 Å². The van der Waals surface area contributed by atoms with Crippen LogP contribution in [0.3, 0.4) is 0 Å². The first-order valence-corrected chi connectivity index (χ1v) is 8.91. The summed E-state index contributed by atoms with van der Waals surface area (Å²) in [4.78, 5) is 14.4. The fourth-order valence-electron chi connectivity index (χ4n) is 2.79. The lowest BCUT2D eigenvalue weighted by atomic mass is 10.0. The minimum atomic E-state index is 0.167. The highest BCUT2D eigenvalue weighted by atomic mass is 32.2. The van der Waals surface area contributed by atoms with Crippen molar-refractivity contribution in [3.8, 4) is 5.69 Å². The van der Waals surface area contributed by atoms with Crippen LogP contribution in [-0.2, 0) is 4.79 Å². The minimum absolute atomic E-state index is 0.167. The molecule has 0 bridgehead atoms. The van der Waals surface area contributed by atoms with Crippen molar-refractivity contribution in [1.82, 2.24) is 25.1 Å². The summed E-state index contributed by atoms with van der Waals surface area (Å²) in [5.74, 6) is 0.539. The second-order valence-corrected chi connectivity index (χ2v) is 6.87. The molecule has 0 radical (unpaired) electrons. The number of likely N-dealkylation sites (tertiary alicyclic amines) is 1. The third-order valence-electron chi connectivity index (χ3n) is 4.17. The molecular formula is C16H21N5OS. The minimum Gasteiger partial charge on any atom is -0.339 e. The molecule has 1 aromatic carbocycles. The summed E-state index contributed by atoms with van der Waals surface area (Å²) < 4.78 is 1.68. The monoisotopic (exact) mass is 331 g/mol. The normalized spacial score (nSPS) is 18.2. The summed E-state index contributed by atoms with van der Waals surface area (Å²) >= 11 is 1.39. The fraction of sp³-hybridized carbons (Fsp3) is 0.500. The maximum Gasteiger partial charge on any atom is 0.233 e. The molecule has 122 valence electrons. The van der Waals surface area contributed by atoms with Crippen molar-refractivity contribution in [3.63, 3.8) is 0 Å². The van der Waals surface area contributed by atoms with Gasteiger partial charge in [0.1, 0.15) is 0 Å². The summed E-state index contributed by atoms with van der Waals surface area (Å²) in [6.45, 7) is 5.03. The molecule has 0 saturated carbocycles. The van der Waals surface area contributed by atoms with Crippen LogP contribution >= 0.6 is 11.8 Å². The van der Waals surface area contributed by atoms with Gasteiger partial charge in [0, 0.05) is 12.6 Å². The van der Waals surface area contributed by atoms with Gasteiger partial charge in [0.15, 0.2) is 0 Å². The molecule has 1 aliphatic heterocycles. The van der Waals surface area contributed by atoms with Gasteiger partial charge < -0.3 is 4.90 Å². The second-order valence-electron chi connectivity index (χ2n) is 5.93. The predicted molar refractivity (Wildman–Crippen MR) is 89.6 cm³/mol. The highest BCUT2D eigenvalue weighted by molar-refractivity contribution is 7.99. The molecule has 7 heteroatoms. The van der Waals surface area contributed by atoms with Gasteiger partial charge in [-0.2, -0.15) is 4.68 Å². The summed E-state index contributed by atoms with van der Waals surface area (Å²) in [5, 5.41) is 12.5.